The maximum Gasteiger partial charge on any atom is 0.267 e. The number of rotatable bonds is 4. The fourth-order valence-corrected chi connectivity index (χ4v) is 3.60. The highest BCUT2D eigenvalue weighted by Crippen LogP contribution is 2.20. The Labute approximate surface area is 152 Å². The average molecular weight is 360 g/mol. The van der Waals surface area contributed by atoms with Gasteiger partial charge in [0.2, 0.25) is 0 Å². The largest absolute Gasteiger partial charge is 0.353 e. The number of carbonyl (C=O) groups is 1. The molecule has 134 valence electrons. The van der Waals surface area contributed by atoms with Crippen LogP contribution in [0.15, 0.2) is 6.07 Å². The quantitative estimate of drug-likeness (QED) is 0.833. The van der Waals surface area contributed by atoms with Gasteiger partial charge in [-0.25, -0.2) is 9.97 Å². The van der Waals surface area contributed by atoms with Gasteiger partial charge in [0.15, 0.2) is 0 Å². The van der Waals surface area contributed by atoms with Crippen molar-refractivity contribution in [3.8, 4) is 0 Å². The van der Waals surface area contributed by atoms with Crippen molar-refractivity contribution in [1.82, 2.24) is 24.5 Å². The molecule has 1 saturated heterocycles. The lowest BCUT2D eigenvalue weighted by Crippen LogP contribution is -2.49. The van der Waals surface area contributed by atoms with E-state index in [0.717, 1.165) is 42.5 Å². The number of aromatic nitrogens is 4. The fourth-order valence-electron chi connectivity index (χ4n) is 2.88. The van der Waals surface area contributed by atoms with E-state index in [4.69, 9.17) is 4.98 Å². The van der Waals surface area contributed by atoms with E-state index in [1.54, 1.807) is 0 Å². The van der Waals surface area contributed by atoms with Crippen molar-refractivity contribution in [2.24, 2.45) is 0 Å². The van der Waals surface area contributed by atoms with E-state index in [-0.39, 0.29) is 5.91 Å². The van der Waals surface area contributed by atoms with Crippen LogP contribution in [0, 0.1) is 6.92 Å². The van der Waals surface area contributed by atoms with Gasteiger partial charge in [-0.3, -0.25) is 4.79 Å². The number of nitrogens with zero attached hydrogens (tertiary/aromatic N) is 6. The molecule has 0 radical (unpaired) electrons. The van der Waals surface area contributed by atoms with Crippen molar-refractivity contribution in [3.63, 3.8) is 0 Å². The molecule has 1 amide bonds. The van der Waals surface area contributed by atoms with Gasteiger partial charge in [0.05, 0.1) is 5.69 Å². The zero-order valence-electron chi connectivity index (χ0n) is 15.2. The second kappa shape index (κ2) is 7.43. The van der Waals surface area contributed by atoms with Crippen molar-refractivity contribution in [1.29, 1.82) is 0 Å². The maximum absolute atomic E-state index is 12.7. The summed E-state index contributed by atoms with van der Waals surface area (Å²) in [7, 11) is 0. The first-order valence-corrected chi connectivity index (χ1v) is 9.48. The van der Waals surface area contributed by atoms with Gasteiger partial charge < -0.3 is 9.80 Å². The van der Waals surface area contributed by atoms with Gasteiger partial charge in [0, 0.05) is 43.9 Å². The van der Waals surface area contributed by atoms with Gasteiger partial charge in [0.25, 0.3) is 5.91 Å². The summed E-state index contributed by atoms with van der Waals surface area (Å²) in [6.45, 7) is 11.1. The predicted octanol–water partition coefficient (Wildman–Crippen LogP) is 2.28. The van der Waals surface area contributed by atoms with Crippen LogP contribution in [-0.4, -0.2) is 56.5 Å². The number of anilines is 1. The molecule has 8 heteroatoms. The summed E-state index contributed by atoms with van der Waals surface area (Å²) in [5.74, 6) is 2.18. The molecule has 0 spiro atoms. The lowest BCUT2D eigenvalue weighted by Gasteiger charge is -2.35. The summed E-state index contributed by atoms with van der Waals surface area (Å²) >= 11 is 1.19. The van der Waals surface area contributed by atoms with Crippen molar-refractivity contribution >= 4 is 23.3 Å². The number of aryl methyl sites for hydroxylation is 2. The molecule has 7 nitrogen and oxygen atoms in total. The number of amides is 1. The molecule has 0 bridgehead atoms. The van der Waals surface area contributed by atoms with Crippen LogP contribution in [0.2, 0.25) is 0 Å². The Morgan fingerprint density at radius 3 is 2.60 bits per heavy atom. The Balaban J connectivity index is 1.69. The minimum atomic E-state index is 0.0493. The molecule has 1 aliphatic heterocycles. The summed E-state index contributed by atoms with van der Waals surface area (Å²) in [5, 5.41) is 4.04. The van der Waals surface area contributed by atoms with Gasteiger partial charge in [-0.05, 0) is 24.9 Å². The second-order valence-corrected chi connectivity index (χ2v) is 7.32. The Morgan fingerprint density at radius 2 is 1.96 bits per heavy atom. The molecule has 0 aromatic carbocycles. The first-order valence-electron chi connectivity index (χ1n) is 8.70. The molecule has 0 atom stereocenters. The summed E-state index contributed by atoms with van der Waals surface area (Å²) in [4.78, 5) is 26.7. The summed E-state index contributed by atoms with van der Waals surface area (Å²) < 4.78 is 3.92. The van der Waals surface area contributed by atoms with Crippen LogP contribution < -0.4 is 4.90 Å². The highest BCUT2D eigenvalue weighted by Gasteiger charge is 2.26. The lowest BCUT2D eigenvalue weighted by molar-refractivity contribution is 0.0750. The molecule has 2 aromatic rings. The molecule has 2 aromatic heterocycles. The van der Waals surface area contributed by atoms with Crippen LogP contribution in [0.5, 0.6) is 0 Å². The minimum absolute atomic E-state index is 0.0493. The van der Waals surface area contributed by atoms with Crippen LogP contribution >= 0.6 is 11.5 Å². The van der Waals surface area contributed by atoms with Crippen molar-refractivity contribution in [2.45, 2.75) is 40.0 Å². The second-order valence-electron chi connectivity index (χ2n) is 6.56. The summed E-state index contributed by atoms with van der Waals surface area (Å²) in [5.41, 5.74) is 1.78. The van der Waals surface area contributed by atoms with Gasteiger partial charge in [0.1, 0.15) is 16.5 Å². The molecule has 25 heavy (non-hydrogen) atoms. The molecule has 0 unspecified atom stereocenters. The Kier molecular flexibility index (Phi) is 5.27. The molecule has 1 fully saturated rings. The first kappa shape index (κ1) is 17.7. The third-order valence-electron chi connectivity index (χ3n) is 4.35. The monoisotopic (exact) mass is 360 g/mol. The molecular weight excluding hydrogens is 336 g/mol. The number of piperazine rings is 1. The van der Waals surface area contributed by atoms with Crippen LogP contribution in [-0.2, 0) is 6.42 Å². The third-order valence-corrected chi connectivity index (χ3v) is 5.11. The fraction of sp³-hybridized carbons (Fsp3) is 0.588. The number of carbonyl (C=O) groups excluding carboxylic acids is 1. The predicted molar refractivity (Wildman–Crippen MR) is 98.3 cm³/mol. The van der Waals surface area contributed by atoms with Gasteiger partial charge in [-0.1, -0.05) is 25.3 Å². The summed E-state index contributed by atoms with van der Waals surface area (Å²) in [6.07, 6.45) is 0.732. The van der Waals surface area contributed by atoms with E-state index in [1.807, 2.05) is 24.8 Å². The highest BCUT2D eigenvalue weighted by atomic mass is 32.1. The van der Waals surface area contributed by atoms with Crippen LogP contribution in [0.3, 0.4) is 0 Å². The standard InChI is InChI=1S/C17H24N6OS/c1-5-13-15(25-21-20-13)17(24)23-8-6-22(7-9-23)14-10-12(4)18-16(19-14)11(2)3/h10-11H,5-9H2,1-4H3. The van der Waals surface area contributed by atoms with Crippen molar-refractivity contribution in [2.75, 3.05) is 31.1 Å². The zero-order chi connectivity index (χ0) is 18.0. The molecular formula is C17H24N6OS. The average Bonchev–Trinajstić information content (AvgIpc) is 3.09. The molecule has 3 rings (SSSR count). The van der Waals surface area contributed by atoms with E-state index in [1.165, 1.54) is 11.5 Å². The van der Waals surface area contributed by atoms with E-state index in [2.05, 4.69) is 33.3 Å². The van der Waals surface area contributed by atoms with Crippen molar-refractivity contribution < 1.29 is 4.79 Å². The third kappa shape index (κ3) is 3.78. The Morgan fingerprint density at radius 1 is 1.24 bits per heavy atom. The topological polar surface area (TPSA) is 75.1 Å². The van der Waals surface area contributed by atoms with E-state index >= 15 is 0 Å². The molecule has 3 heterocycles. The molecule has 1 aliphatic rings. The molecule has 0 saturated carbocycles. The Hall–Kier alpha value is -2.09. The normalized spacial score (nSPS) is 15.1. The van der Waals surface area contributed by atoms with Crippen molar-refractivity contribution in [3.05, 3.63) is 28.2 Å². The number of hydrogen-bond acceptors (Lipinski definition) is 7. The maximum atomic E-state index is 12.7. The first-order chi connectivity index (χ1) is 12.0. The van der Waals surface area contributed by atoms with E-state index in [0.29, 0.717) is 23.9 Å². The van der Waals surface area contributed by atoms with Crippen LogP contribution in [0.4, 0.5) is 5.82 Å². The van der Waals surface area contributed by atoms with Crippen LogP contribution in [0.1, 0.15) is 53.6 Å². The zero-order valence-corrected chi connectivity index (χ0v) is 16.0. The molecule has 0 N–H and O–H groups in total. The molecule has 0 aliphatic carbocycles. The van der Waals surface area contributed by atoms with E-state index in [9.17, 15) is 4.79 Å². The van der Waals surface area contributed by atoms with Gasteiger partial charge in [-0.2, -0.15) is 0 Å². The minimum Gasteiger partial charge on any atom is -0.353 e. The van der Waals surface area contributed by atoms with Gasteiger partial charge in [-0.15, -0.1) is 5.10 Å². The SMILES string of the molecule is CCc1nnsc1C(=O)N1CCN(c2cc(C)nc(C(C)C)n2)CC1. The van der Waals surface area contributed by atoms with E-state index < -0.39 is 0 Å². The Bertz CT molecular complexity index is 751. The number of hydrogen-bond donors (Lipinski definition) is 0. The highest BCUT2D eigenvalue weighted by molar-refractivity contribution is 7.08. The van der Waals surface area contributed by atoms with Crippen LogP contribution in [0.25, 0.3) is 0 Å². The van der Waals surface area contributed by atoms with Gasteiger partial charge >= 0.3 is 0 Å². The lowest BCUT2D eigenvalue weighted by atomic mass is 10.2. The summed E-state index contributed by atoms with van der Waals surface area (Å²) in [6, 6.07) is 2.02. The smallest absolute Gasteiger partial charge is 0.267 e.